The van der Waals surface area contributed by atoms with E-state index in [1.807, 2.05) is 0 Å². The third-order valence-corrected chi connectivity index (χ3v) is 1.87. The number of ether oxygens (including phenoxy) is 1. The van der Waals surface area contributed by atoms with Gasteiger partial charge in [-0.05, 0) is 0 Å². The van der Waals surface area contributed by atoms with Crippen LogP contribution in [0.15, 0.2) is 0 Å². The van der Waals surface area contributed by atoms with E-state index in [9.17, 15) is 13.2 Å². The van der Waals surface area contributed by atoms with E-state index in [1.54, 1.807) is 0 Å². The topological polar surface area (TPSA) is 101 Å². The summed E-state index contributed by atoms with van der Waals surface area (Å²) < 4.78 is 32.6. The maximum absolute atomic E-state index is 10.5. The van der Waals surface area contributed by atoms with Crippen LogP contribution in [0, 0.1) is 0 Å². The summed E-state index contributed by atoms with van der Waals surface area (Å²) in [5.74, 6) is -1.58. The third-order valence-electron chi connectivity index (χ3n) is 1.12. The van der Waals surface area contributed by atoms with Crippen LogP contribution in [-0.2, 0) is 19.6 Å². The summed E-state index contributed by atoms with van der Waals surface area (Å²) in [6.45, 7) is 0. The number of rotatable bonds is 4. The Labute approximate surface area is 69.9 Å². The summed E-state index contributed by atoms with van der Waals surface area (Å²) in [5.41, 5.74) is 0. The highest BCUT2D eigenvalue weighted by molar-refractivity contribution is 7.85. The average Bonchev–Trinajstić information content (AvgIpc) is 1.97. The summed E-state index contributed by atoms with van der Waals surface area (Å²) >= 11 is 0. The third kappa shape index (κ3) is 5.05. The van der Waals surface area contributed by atoms with Crippen molar-refractivity contribution in [3.63, 3.8) is 0 Å². The summed E-state index contributed by atoms with van der Waals surface area (Å²) in [7, 11) is -3.06. The van der Waals surface area contributed by atoms with E-state index in [0.717, 1.165) is 7.11 Å². The van der Waals surface area contributed by atoms with Gasteiger partial charge in [-0.15, -0.1) is 0 Å². The molecule has 2 N–H and O–H groups in total. The lowest BCUT2D eigenvalue weighted by molar-refractivity contribution is -0.150. The highest BCUT2D eigenvalue weighted by Crippen LogP contribution is 1.97. The molecule has 0 radical (unpaired) electrons. The van der Waals surface area contributed by atoms with E-state index < -0.39 is 27.9 Å². The second-order valence-electron chi connectivity index (χ2n) is 2.11. The minimum absolute atomic E-state index is 0.370. The van der Waals surface area contributed by atoms with Crippen LogP contribution in [-0.4, -0.2) is 43.0 Å². The standard InChI is InChI=1S/C5H10O6S/c1-11-5(7)4(6)2-3-12(8,9)10/h4,6H,2-3H2,1H3,(H,8,9,10). The van der Waals surface area contributed by atoms with Gasteiger partial charge in [0.15, 0.2) is 6.10 Å². The molecule has 0 aliphatic rings. The van der Waals surface area contributed by atoms with Crippen LogP contribution < -0.4 is 0 Å². The van der Waals surface area contributed by atoms with Gasteiger partial charge in [0.2, 0.25) is 0 Å². The van der Waals surface area contributed by atoms with Crippen LogP contribution in [0.2, 0.25) is 0 Å². The fourth-order valence-corrected chi connectivity index (χ4v) is 1.04. The van der Waals surface area contributed by atoms with Crippen molar-refractivity contribution in [2.45, 2.75) is 12.5 Å². The fourth-order valence-electron chi connectivity index (χ4n) is 0.514. The van der Waals surface area contributed by atoms with Gasteiger partial charge < -0.3 is 9.84 Å². The van der Waals surface area contributed by atoms with Crippen LogP contribution in [0.4, 0.5) is 0 Å². The van der Waals surface area contributed by atoms with Crippen LogP contribution >= 0.6 is 0 Å². The van der Waals surface area contributed by atoms with E-state index in [-0.39, 0.29) is 6.42 Å². The first kappa shape index (κ1) is 11.3. The smallest absolute Gasteiger partial charge is 0.334 e. The van der Waals surface area contributed by atoms with Gasteiger partial charge >= 0.3 is 5.97 Å². The molecule has 0 spiro atoms. The lowest BCUT2D eigenvalue weighted by Gasteiger charge is -2.05. The molecule has 0 aromatic rings. The van der Waals surface area contributed by atoms with Gasteiger partial charge in [0.1, 0.15) is 0 Å². The number of hydrogen-bond acceptors (Lipinski definition) is 5. The van der Waals surface area contributed by atoms with Gasteiger partial charge in [-0.1, -0.05) is 0 Å². The Hall–Kier alpha value is -0.660. The predicted octanol–water partition coefficient (Wildman–Crippen LogP) is -1.20. The number of carbonyl (C=O) groups excluding carboxylic acids is 1. The Bertz CT molecular complexity index is 243. The summed E-state index contributed by atoms with van der Waals surface area (Å²) in [6, 6.07) is 0. The first-order valence-corrected chi connectivity index (χ1v) is 4.69. The molecular weight excluding hydrogens is 188 g/mol. The molecule has 72 valence electrons. The number of esters is 1. The predicted molar refractivity (Wildman–Crippen MR) is 39.1 cm³/mol. The second-order valence-corrected chi connectivity index (χ2v) is 3.69. The van der Waals surface area contributed by atoms with Crippen molar-refractivity contribution in [2.75, 3.05) is 12.9 Å². The second kappa shape index (κ2) is 4.39. The first-order valence-electron chi connectivity index (χ1n) is 3.08. The molecule has 0 heterocycles. The minimum atomic E-state index is -4.13. The molecule has 6 nitrogen and oxygen atoms in total. The molecular formula is C5H10O6S. The van der Waals surface area contributed by atoms with Crippen LogP contribution in [0.25, 0.3) is 0 Å². The Balaban J connectivity index is 3.88. The Morgan fingerprint density at radius 2 is 2.08 bits per heavy atom. The zero-order valence-electron chi connectivity index (χ0n) is 6.43. The van der Waals surface area contributed by atoms with Crippen molar-refractivity contribution >= 4 is 16.1 Å². The first-order chi connectivity index (χ1) is 5.37. The number of methoxy groups -OCH3 is 1. The molecule has 0 aromatic carbocycles. The van der Waals surface area contributed by atoms with E-state index in [2.05, 4.69) is 4.74 Å². The largest absolute Gasteiger partial charge is 0.467 e. The number of carbonyl (C=O) groups is 1. The highest BCUT2D eigenvalue weighted by Gasteiger charge is 2.17. The molecule has 12 heavy (non-hydrogen) atoms. The fraction of sp³-hybridized carbons (Fsp3) is 0.800. The van der Waals surface area contributed by atoms with E-state index >= 15 is 0 Å². The molecule has 1 unspecified atom stereocenters. The Morgan fingerprint density at radius 3 is 2.42 bits per heavy atom. The molecule has 0 aliphatic heterocycles. The molecule has 0 fully saturated rings. The van der Waals surface area contributed by atoms with E-state index in [1.165, 1.54) is 0 Å². The normalized spacial score (nSPS) is 13.9. The zero-order chi connectivity index (χ0) is 9.78. The number of aliphatic hydroxyl groups is 1. The molecule has 0 aromatic heterocycles. The monoisotopic (exact) mass is 198 g/mol. The van der Waals surface area contributed by atoms with Gasteiger partial charge in [-0.25, -0.2) is 4.79 Å². The lowest BCUT2D eigenvalue weighted by atomic mass is 10.3. The molecule has 0 saturated carbocycles. The van der Waals surface area contributed by atoms with Crippen LogP contribution in [0.3, 0.4) is 0 Å². The minimum Gasteiger partial charge on any atom is -0.467 e. The summed E-state index contributed by atoms with van der Waals surface area (Å²) in [6.07, 6.45) is -1.87. The molecule has 0 amide bonds. The van der Waals surface area contributed by atoms with Crippen LogP contribution in [0.1, 0.15) is 6.42 Å². The van der Waals surface area contributed by atoms with Gasteiger partial charge in [0.05, 0.1) is 12.9 Å². The molecule has 0 saturated heterocycles. The zero-order valence-corrected chi connectivity index (χ0v) is 7.24. The Kier molecular flexibility index (Phi) is 4.15. The SMILES string of the molecule is COC(=O)C(O)CCS(=O)(=O)O. The number of hydrogen-bond donors (Lipinski definition) is 2. The maximum atomic E-state index is 10.5. The summed E-state index contributed by atoms with van der Waals surface area (Å²) in [4.78, 5) is 10.5. The van der Waals surface area contributed by atoms with Crippen molar-refractivity contribution in [3.05, 3.63) is 0 Å². The van der Waals surface area contributed by atoms with Gasteiger partial charge in [0, 0.05) is 6.42 Å². The van der Waals surface area contributed by atoms with Gasteiger partial charge in [-0.2, -0.15) is 8.42 Å². The van der Waals surface area contributed by atoms with E-state index in [0.29, 0.717) is 0 Å². The van der Waals surface area contributed by atoms with Crippen LogP contribution in [0.5, 0.6) is 0 Å². The number of aliphatic hydroxyl groups excluding tert-OH is 1. The molecule has 0 rings (SSSR count). The van der Waals surface area contributed by atoms with Gasteiger partial charge in [-0.3, -0.25) is 4.55 Å². The molecule has 0 aliphatic carbocycles. The van der Waals surface area contributed by atoms with Crippen molar-refractivity contribution in [2.24, 2.45) is 0 Å². The molecule has 1 atom stereocenters. The van der Waals surface area contributed by atoms with Gasteiger partial charge in [0.25, 0.3) is 10.1 Å². The van der Waals surface area contributed by atoms with Crippen molar-refractivity contribution in [1.82, 2.24) is 0 Å². The summed E-state index contributed by atoms with van der Waals surface area (Å²) in [5, 5.41) is 8.83. The average molecular weight is 198 g/mol. The van der Waals surface area contributed by atoms with Crippen molar-refractivity contribution < 1.29 is 27.6 Å². The van der Waals surface area contributed by atoms with Crippen molar-refractivity contribution in [1.29, 1.82) is 0 Å². The maximum Gasteiger partial charge on any atom is 0.334 e. The highest BCUT2D eigenvalue weighted by atomic mass is 32.2. The van der Waals surface area contributed by atoms with E-state index in [4.69, 9.17) is 9.66 Å². The van der Waals surface area contributed by atoms with Crippen molar-refractivity contribution in [3.8, 4) is 0 Å². The molecule has 0 bridgehead atoms. The molecule has 7 heteroatoms. The quantitative estimate of drug-likeness (QED) is 0.434. The Morgan fingerprint density at radius 1 is 1.58 bits per heavy atom. The lowest BCUT2D eigenvalue weighted by Crippen LogP contribution is -2.24.